The summed E-state index contributed by atoms with van der Waals surface area (Å²) in [6.45, 7) is 3.70. The van der Waals surface area contributed by atoms with E-state index < -0.39 is 23.3 Å². The van der Waals surface area contributed by atoms with E-state index in [4.69, 9.17) is 10.3 Å². The number of aliphatic hydroxyl groups is 1. The van der Waals surface area contributed by atoms with E-state index in [1.54, 1.807) is 18.0 Å². The maximum absolute atomic E-state index is 13.6. The van der Waals surface area contributed by atoms with Crippen LogP contribution in [0.15, 0.2) is 17.0 Å². The summed E-state index contributed by atoms with van der Waals surface area (Å²) in [7, 11) is 0. The fourth-order valence-electron chi connectivity index (χ4n) is 4.44. The van der Waals surface area contributed by atoms with Crippen LogP contribution in [0.25, 0.3) is 0 Å². The van der Waals surface area contributed by atoms with Crippen molar-refractivity contribution in [2.24, 2.45) is 5.11 Å². The molecule has 1 aromatic rings. The number of halogens is 3. The highest BCUT2D eigenvalue weighted by Gasteiger charge is 2.48. The maximum Gasteiger partial charge on any atom is 0.425 e. The lowest BCUT2D eigenvalue weighted by Gasteiger charge is -2.47. The summed E-state index contributed by atoms with van der Waals surface area (Å²) >= 11 is 2.47. The minimum atomic E-state index is -4.48. The number of ether oxygens (including phenoxy) is 1. The van der Waals surface area contributed by atoms with Crippen LogP contribution < -0.4 is 5.32 Å². The fourth-order valence-corrected chi connectivity index (χ4v) is 6.17. The van der Waals surface area contributed by atoms with Crippen LogP contribution >= 0.6 is 23.1 Å². The van der Waals surface area contributed by atoms with Crippen LogP contribution in [0.4, 0.5) is 13.2 Å². The third-order valence-electron chi connectivity index (χ3n) is 5.96. The van der Waals surface area contributed by atoms with Crippen LogP contribution in [-0.2, 0) is 29.5 Å². The van der Waals surface area contributed by atoms with E-state index in [2.05, 4.69) is 15.3 Å². The molecular weight excluding hydrogens is 449 g/mol. The molecule has 3 heterocycles. The molecule has 11 heteroatoms. The summed E-state index contributed by atoms with van der Waals surface area (Å²) in [6, 6.07) is 0.0464. The zero-order valence-electron chi connectivity index (χ0n) is 17.7. The molecule has 31 heavy (non-hydrogen) atoms. The molecule has 1 aromatic heterocycles. The first-order valence-electron chi connectivity index (χ1n) is 10.3. The van der Waals surface area contributed by atoms with Gasteiger partial charge in [-0.05, 0) is 38.0 Å². The molecule has 0 amide bonds. The van der Waals surface area contributed by atoms with Gasteiger partial charge in [0.25, 0.3) is 0 Å². The van der Waals surface area contributed by atoms with Crippen molar-refractivity contribution in [2.45, 2.75) is 50.6 Å². The summed E-state index contributed by atoms with van der Waals surface area (Å²) in [5.41, 5.74) is 7.95. The van der Waals surface area contributed by atoms with Crippen molar-refractivity contribution in [1.29, 1.82) is 5.53 Å². The van der Waals surface area contributed by atoms with E-state index in [1.165, 1.54) is 0 Å². The largest absolute Gasteiger partial charge is 0.425 e. The van der Waals surface area contributed by atoms with Crippen LogP contribution in [-0.4, -0.2) is 54.3 Å². The third kappa shape index (κ3) is 5.27. The molecule has 174 valence electrons. The Labute approximate surface area is 188 Å². The standard InChI is InChI=1S/C20H29F3N4O2S2/c1-13-9-19(4-6-27(13)11-14(26-24)10-25-5-8-30-2)17-15(3-7-29-19)16(12-28)18(31-17)20(21,22)23/h10,13,24-25,28H,3-9,11-12H2,1-2H3/b14-10-,26-24?/t13-,19?/m0/s1. The molecule has 0 aromatic carbocycles. The molecule has 1 fully saturated rings. The second-order valence-corrected chi connectivity index (χ2v) is 9.94. The molecular formula is C20H29F3N4O2S2. The van der Waals surface area contributed by atoms with Gasteiger partial charge in [-0.2, -0.15) is 30.0 Å². The lowest BCUT2D eigenvalue weighted by atomic mass is 9.81. The lowest BCUT2D eigenvalue weighted by Crippen LogP contribution is -2.50. The van der Waals surface area contributed by atoms with Crippen molar-refractivity contribution in [3.05, 3.63) is 32.8 Å². The topological polar surface area (TPSA) is 80.9 Å². The SMILES string of the molecule is CSCCN/C=C(/CN1CCC2(C[C@@H]1C)OCCc1c2sc(C(F)(F)F)c1CO)N=N. The molecule has 2 aliphatic rings. The molecule has 1 spiro atoms. The van der Waals surface area contributed by atoms with Crippen LogP contribution in [0.3, 0.4) is 0 Å². The summed E-state index contributed by atoms with van der Waals surface area (Å²) in [4.78, 5) is 2.12. The number of thiophene rings is 1. The monoisotopic (exact) mass is 478 g/mol. The molecule has 1 saturated heterocycles. The van der Waals surface area contributed by atoms with Crippen molar-refractivity contribution in [1.82, 2.24) is 10.2 Å². The number of hydrogen-bond acceptors (Lipinski definition) is 8. The van der Waals surface area contributed by atoms with Crippen LogP contribution in [0.5, 0.6) is 0 Å². The smallest absolute Gasteiger partial charge is 0.392 e. The number of piperidine rings is 1. The number of fused-ring (bicyclic) bond motifs is 2. The van der Waals surface area contributed by atoms with Crippen molar-refractivity contribution in [2.75, 3.05) is 38.2 Å². The summed E-state index contributed by atoms with van der Waals surface area (Å²) in [5, 5.41) is 16.4. The van der Waals surface area contributed by atoms with Gasteiger partial charge in [-0.25, -0.2) is 5.53 Å². The van der Waals surface area contributed by atoms with E-state index in [0.29, 0.717) is 55.1 Å². The first-order valence-corrected chi connectivity index (χ1v) is 12.5. The van der Waals surface area contributed by atoms with Gasteiger partial charge >= 0.3 is 6.18 Å². The number of nitrogens with one attached hydrogen (secondary N) is 2. The molecule has 2 atom stereocenters. The Morgan fingerprint density at radius 2 is 2.29 bits per heavy atom. The number of thioether (sulfide) groups is 1. The second kappa shape index (κ2) is 10.2. The van der Waals surface area contributed by atoms with Gasteiger partial charge in [-0.15, -0.1) is 11.3 Å². The highest BCUT2D eigenvalue weighted by Crippen LogP contribution is 2.51. The Hall–Kier alpha value is -1.14. The van der Waals surface area contributed by atoms with Gasteiger partial charge < -0.3 is 15.2 Å². The molecule has 0 bridgehead atoms. The van der Waals surface area contributed by atoms with Gasteiger partial charge in [0.15, 0.2) is 0 Å². The molecule has 0 aliphatic carbocycles. The van der Waals surface area contributed by atoms with E-state index in [1.807, 2.05) is 13.2 Å². The molecule has 2 aliphatic heterocycles. The first kappa shape index (κ1) is 24.5. The predicted octanol–water partition coefficient (Wildman–Crippen LogP) is 4.34. The molecule has 3 rings (SSSR count). The number of hydrogen-bond donors (Lipinski definition) is 3. The van der Waals surface area contributed by atoms with E-state index in [0.717, 1.165) is 23.6 Å². The number of rotatable bonds is 8. The zero-order chi connectivity index (χ0) is 22.6. The fraction of sp³-hybridized carbons (Fsp3) is 0.700. The minimum Gasteiger partial charge on any atom is -0.392 e. The Bertz CT molecular complexity index is 815. The van der Waals surface area contributed by atoms with Crippen molar-refractivity contribution in [3.8, 4) is 0 Å². The molecule has 0 saturated carbocycles. The Kier molecular flexibility index (Phi) is 8.06. The Morgan fingerprint density at radius 1 is 1.52 bits per heavy atom. The lowest BCUT2D eigenvalue weighted by molar-refractivity contribution is -0.135. The second-order valence-electron chi connectivity index (χ2n) is 7.93. The van der Waals surface area contributed by atoms with Crippen molar-refractivity contribution in [3.63, 3.8) is 0 Å². The summed E-state index contributed by atoms with van der Waals surface area (Å²) < 4.78 is 46.8. The van der Waals surface area contributed by atoms with Gasteiger partial charge in [0.05, 0.1) is 18.9 Å². The van der Waals surface area contributed by atoms with Crippen molar-refractivity contribution >= 4 is 23.1 Å². The quantitative estimate of drug-likeness (QED) is 0.383. The van der Waals surface area contributed by atoms with Crippen LogP contribution in [0, 0.1) is 5.53 Å². The zero-order valence-corrected chi connectivity index (χ0v) is 19.4. The number of aliphatic hydroxyl groups excluding tert-OH is 1. The van der Waals surface area contributed by atoms with E-state index in [-0.39, 0.29) is 11.6 Å². The van der Waals surface area contributed by atoms with Gasteiger partial charge in [-0.3, -0.25) is 4.90 Å². The van der Waals surface area contributed by atoms with Gasteiger partial charge in [0.1, 0.15) is 10.5 Å². The molecule has 3 N–H and O–H groups in total. The Morgan fingerprint density at radius 3 is 2.90 bits per heavy atom. The van der Waals surface area contributed by atoms with Gasteiger partial charge in [-0.1, -0.05) is 0 Å². The summed E-state index contributed by atoms with van der Waals surface area (Å²) in [5.74, 6) is 0.959. The number of alkyl halides is 3. The van der Waals surface area contributed by atoms with Crippen molar-refractivity contribution < 1.29 is 23.0 Å². The number of nitrogens with zero attached hydrogens (tertiary/aromatic N) is 2. The minimum absolute atomic E-state index is 0.0137. The highest BCUT2D eigenvalue weighted by atomic mass is 32.2. The Balaban J connectivity index is 1.78. The molecule has 0 radical (unpaired) electrons. The average Bonchev–Trinajstić information content (AvgIpc) is 3.13. The first-order chi connectivity index (χ1) is 14.8. The normalized spacial score (nSPS) is 25.0. The number of likely N-dealkylation sites (tertiary alicyclic amines) is 1. The van der Waals surface area contributed by atoms with Crippen LogP contribution in [0.1, 0.15) is 40.6 Å². The highest BCUT2D eigenvalue weighted by molar-refractivity contribution is 7.98. The van der Waals surface area contributed by atoms with Gasteiger partial charge in [0.2, 0.25) is 0 Å². The van der Waals surface area contributed by atoms with E-state index >= 15 is 0 Å². The van der Waals surface area contributed by atoms with Gasteiger partial charge in [0, 0.05) is 48.1 Å². The average molecular weight is 479 g/mol. The molecule has 6 nitrogen and oxygen atoms in total. The third-order valence-corrected chi connectivity index (χ3v) is 8.07. The maximum atomic E-state index is 13.6. The summed E-state index contributed by atoms with van der Waals surface area (Å²) in [6.07, 6.45) is 0.833. The predicted molar refractivity (Wildman–Crippen MR) is 116 cm³/mol. The van der Waals surface area contributed by atoms with Crippen LogP contribution in [0.2, 0.25) is 0 Å². The van der Waals surface area contributed by atoms with E-state index in [9.17, 15) is 18.3 Å². The molecule has 1 unspecified atom stereocenters.